The SMILES string of the molecule is O=C(NCc1cccc(Cn2cccn2)c1)c1cc(F)c(Cl)cc1Cl. The molecule has 3 aromatic rings. The first-order valence-electron chi connectivity index (χ1n) is 7.51. The van der Waals surface area contributed by atoms with Gasteiger partial charge in [-0.15, -0.1) is 0 Å². The molecule has 3 rings (SSSR count). The topological polar surface area (TPSA) is 46.9 Å². The van der Waals surface area contributed by atoms with Gasteiger partial charge in [-0.25, -0.2) is 4.39 Å². The zero-order chi connectivity index (χ0) is 17.8. The zero-order valence-corrected chi connectivity index (χ0v) is 14.6. The monoisotopic (exact) mass is 377 g/mol. The van der Waals surface area contributed by atoms with E-state index in [9.17, 15) is 9.18 Å². The van der Waals surface area contributed by atoms with Crippen LogP contribution in [-0.4, -0.2) is 15.7 Å². The van der Waals surface area contributed by atoms with Gasteiger partial charge in [-0.1, -0.05) is 47.5 Å². The van der Waals surface area contributed by atoms with Crippen molar-refractivity contribution in [1.29, 1.82) is 0 Å². The van der Waals surface area contributed by atoms with E-state index >= 15 is 0 Å². The molecule has 25 heavy (non-hydrogen) atoms. The van der Waals surface area contributed by atoms with E-state index in [0.29, 0.717) is 13.1 Å². The van der Waals surface area contributed by atoms with Gasteiger partial charge in [0.1, 0.15) is 5.82 Å². The Hall–Kier alpha value is -2.37. The third-order valence-corrected chi connectivity index (χ3v) is 4.21. The Morgan fingerprint density at radius 1 is 1.12 bits per heavy atom. The molecule has 0 aliphatic heterocycles. The van der Waals surface area contributed by atoms with Crippen LogP contribution in [0.3, 0.4) is 0 Å². The van der Waals surface area contributed by atoms with Crippen LogP contribution in [0, 0.1) is 5.82 Å². The summed E-state index contributed by atoms with van der Waals surface area (Å²) in [5, 5.41) is 6.89. The largest absolute Gasteiger partial charge is 0.348 e. The van der Waals surface area contributed by atoms with Crippen molar-refractivity contribution in [2.75, 3.05) is 0 Å². The van der Waals surface area contributed by atoms with Crippen LogP contribution in [0.1, 0.15) is 21.5 Å². The average molecular weight is 378 g/mol. The van der Waals surface area contributed by atoms with Crippen molar-refractivity contribution in [3.8, 4) is 0 Å². The van der Waals surface area contributed by atoms with Gasteiger partial charge >= 0.3 is 0 Å². The highest BCUT2D eigenvalue weighted by Crippen LogP contribution is 2.24. The number of aromatic nitrogens is 2. The summed E-state index contributed by atoms with van der Waals surface area (Å²) in [6.45, 7) is 0.940. The van der Waals surface area contributed by atoms with Crippen LogP contribution in [0.4, 0.5) is 4.39 Å². The maximum Gasteiger partial charge on any atom is 0.253 e. The van der Waals surface area contributed by atoms with Crippen LogP contribution in [0.25, 0.3) is 0 Å². The minimum Gasteiger partial charge on any atom is -0.348 e. The smallest absolute Gasteiger partial charge is 0.253 e. The summed E-state index contributed by atoms with van der Waals surface area (Å²) < 4.78 is 15.4. The molecule has 0 aliphatic carbocycles. The summed E-state index contributed by atoms with van der Waals surface area (Å²) in [6, 6.07) is 11.9. The second-order valence-electron chi connectivity index (χ2n) is 5.45. The molecule has 7 heteroatoms. The molecule has 0 saturated carbocycles. The molecule has 1 amide bonds. The molecule has 0 unspecified atom stereocenters. The van der Waals surface area contributed by atoms with Crippen molar-refractivity contribution in [1.82, 2.24) is 15.1 Å². The second-order valence-corrected chi connectivity index (χ2v) is 6.27. The number of carbonyl (C=O) groups excluding carboxylic acids is 1. The third-order valence-electron chi connectivity index (χ3n) is 3.60. The van der Waals surface area contributed by atoms with Gasteiger partial charge in [-0.05, 0) is 29.3 Å². The Labute approximate surface area is 154 Å². The van der Waals surface area contributed by atoms with Gasteiger partial charge in [0.2, 0.25) is 0 Å². The number of nitrogens with one attached hydrogen (secondary N) is 1. The summed E-state index contributed by atoms with van der Waals surface area (Å²) in [7, 11) is 0. The fourth-order valence-electron chi connectivity index (χ4n) is 2.39. The molecular formula is C18H14Cl2FN3O. The quantitative estimate of drug-likeness (QED) is 0.673. The van der Waals surface area contributed by atoms with E-state index in [2.05, 4.69) is 10.4 Å². The number of nitrogens with zero attached hydrogens (tertiary/aromatic N) is 2. The fraction of sp³-hybridized carbons (Fsp3) is 0.111. The Kier molecular flexibility index (Phi) is 5.36. The molecule has 2 aromatic carbocycles. The minimum absolute atomic E-state index is 0.0521. The van der Waals surface area contributed by atoms with E-state index in [4.69, 9.17) is 23.2 Å². The Morgan fingerprint density at radius 2 is 1.92 bits per heavy atom. The van der Waals surface area contributed by atoms with Crippen molar-refractivity contribution >= 4 is 29.1 Å². The van der Waals surface area contributed by atoms with Crippen LogP contribution in [0.5, 0.6) is 0 Å². The summed E-state index contributed by atoms with van der Waals surface area (Å²) in [6.07, 6.45) is 3.60. The Balaban J connectivity index is 1.67. The summed E-state index contributed by atoms with van der Waals surface area (Å²) in [5.41, 5.74) is 2.03. The predicted molar refractivity (Wildman–Crippen MR) is 95.4 cm³/mol. The standard InChI is InChI=1S/C18H14Cl2FN3O/c19-15-9-16(20)17(21)8-14(15)18(25)22-10-12-3-1-4-13(7-12)11-24-6-2-5-23-24/h1-9H,10-11H2,(H,22,25). The molecule has 1 aromatic heterocycles. The maximum atomic E-state index is 13.5. The lowest BCUT2D eigenvalue weighted by Gasteiger charge is -2.09. The van der Waals surface area contributed by atoms with Crippen LogP contribution in [0.2, 0.25) is 10.0 Å². The number of halogens is 3. The molecule has 0 bridgehead atoms. The molecule has 0 fully saturated rings. The summed E-state index contributed by atoms with van der Waals surface area (Å²) in [4.78, 5) is 12.2. The number of amides is 1. The van der Waals surface area contributed by atoms with Crippen LogP contribution < -0.4 is 5.32 Å². The first-order valence-corrected chi connectivity index (χ1v) is 8.26. The van der Waals surface area contributed by atoms with Crippen molar-refractivity contribution in [3.63, 3.8) is 0 Å². The van der Waals surface area contributed by atoms with Gasteiger partial charge in [-0.2, -0.15) is 5.10 Å². The molecule has 128 valence electrons. The van der Waals surface area contributed by atoms with Gasteiger partial charge in [0.15, 0.2) is 0 Å². The van der Waals surface area contributed by atoms with Crippen molar-refractivity contribution < 1.29 is 9.18 Å². The van der Waals surface area contributed by atoms with E-state index in [-0.39, 0.29) is 15.6 Å². The number of benzene rings is 2. The van der Waals surface area contributed by atoms with Gasteiger partial charge in [-0.3, -0.25) is 9.48 Å². The lowest BCUT2D eigenvalue weighted by Crippen LogP contribution is -2.23. The normalized spacial score (nSPS) is 10.7. The molecule has 1 heterocycles. The first kappa shape index (κ1) is 17.5. The molecule has 1 N–H and O–H groups in total. The molecule has 0 saturated heterocycles. The van der Waals surface area contributed by atoms with E-state index in [1.807, 2.05) is 41.2 Å². The van der Waals surface area contributed by atoms with Crippen molar-refractivity contribution in [2.45, 2.75) is 13.1 Å². The highest BCUT2D eigenvalue weighted by atomic mass is 35.5. The molecular weight excluding hydrogens is 364 g/mol. The van der Waals surface area contributed by atoms with Gasteiger partial charge in [0, 0.05) is 18.9 Å². The van der Waals surface area contributed by atoms with Gasteiger partial charge < -0.3 is 5.32 Å². The van der Waals surface area contributed by atoms with Crippen molar-refractivity contribution in [2.24, 2.45) is 0 Å². The zero-order valence-electron chi connectivity index (χ0n) is 13.0. The third kappa shape index (κ3) is 4.38. The first-order chi connectivity index (χ1) is 12.0. The second kappa shape index (κ2) is 7.68. The van der Waals surface area contributed by atoms with Crippen LogP contribution in [0.15, 0.2) is 54.9 Å². The summed E-state index contributed by atoms with van der Waals surface area (Å²) >= 11 is 11.6. The van der Waals surface area contributed by atoms with Crippen molar-refractivity contribution in [3.05, 3.63) is 87.4 Å². The fourth-order valence-corrected chi connectivity index (χ4v) is 2.86. The predicted octanol–water partition coefficient (Wildman–Crippen LogP) is 4.31. The Morgan fingerprint density at radius 3 is 2.68 bits per heavy atom. The lowest BCUT2D eigenvalue weighted by atomic mass is 10.1. The van der Waals surface area contributed by atoms with Gasteiger partial charge in [0.25, 0.3) is 5.91 Å². The Bertz CT molecular complexity index is 897. The average Bonchev–Trinajstić information content (AvgIpc) is 3.09. The molecule has 0 atom stereocenters. The molecule has 4 nitrogen and oxygen atoms in total. The van der Waals surface area contributed by atoms with E-state index in [1.54, 1.807) is 6.20 Å². The number of hydrogen-bond acceptors (Lipinski definition) is 2. The maximum absolute atomic E-state index is 13.5. The van der Waals surface area contributed by atoms with Gasteiger partial charge in [0.05, 0.1) is 22.2 Å². The molecule has 0 aliphatic rings. The number of hydrogen-bond donors (Lipinski definition) is 1. The number of carbonyl (C=O) groups is 1. The lowest BCUT2D eigenvalue weighted by molar-refractivity contribution is 0.0950. The summed E-state index contributed by atoms with van der Waals surface area (Å²) in [5.74, 6) is -1.14. The number of rotatable bonds is 5. The van der Waals surface area contributed by atoms with E-state index < -0.39 is 11.7 Å². The highest BCUT2D eigenvalue weighted by molar-refractivity contribution is 6.36. The van der Waals surface area contributed by atoms with Crippen LogP contribution in [-0.2, 0) is 13.1 Å². The highest BCUT2D eigenvalue weighted by Gasteiger charge is 2.14. The van der Waals surface area contributed by atoms with E-state index in [1.165, 1.54) is 6.07 Å². The van der Waals surface area contributed by atoms with Crippen LogP contribution >= 0.6 is 23.2 Å². The van der Waals surface area contributed by atoms with E-state index in [0.717, 1.165) is 17.2 Å². The molecule has 0 radical (unpaired) electrons. The minimum atomic E-state index is -0.683. The molecule has 0 spiro atoms.